The van der Waals surface area contributed by atoms with Crippen molar-refractivity contribution < 1.29 is 19.1 Å². The van der Waals surface area contributed by atoms with E-state index in [-0.39, 0.29) is 18.2 Å². The summed E-state index contributed by atoms with van der Waals surface area (Å²) in [6, 6.07) is 12.6. The van der Waals surface area contributed by atoms with Gasteiger partial charge < -0.3 is 19.7 Å². The van der Waals surface area contributed by atoms with Crippen molar-refractivity contribution in [2.75, 3.05) is 31.0 Å². The van der Waals surface area contributed by atoms with Gasteiger partial charge in [-0.25, -0.2) is 0 Å². The van der Waals surface area contributed by atoms with Gasteiger partial charge in [-0.2, -0.15) is 0 Å². The van der Waals surface area contributed by atoms with E-state index in [9.17, 15) is 9.59 Å². The van der Waals surface area contributed by atoms with Gasteiger partial charge in [0.05, 0.1) is 25.8 Å². The van der Waals surface area contributed by atoms with Crippen molar-refractivity contribution in [2.24, 2.45) is 5.92 Å². The van der Waals surface area contributed by atoms with Gasteiger partial charge in [-0.15, -0.1) is 0 Å². The number of rotatable bonds is 5. The zero-order chi connectivity index (χ0) is 18.7. The lowest BCUT2D eigenvalue weighted by molar-refractivity contribution is -0.122. The second-order valence-electron chi connectivity index (χ2n) is 5.94. The van der Waals surface area contributed by atoms with Crippen LogP contribution in [0.3, 0.4) is 0 Å². The van der Waals surface area contributed by atoms with Crippen LogP contribution in [0.25, 0.3) is 0 Å². The van der Waals surface area contributed by atoms with Gasteiger partial charge in [-0.3, -0.25) is 9.59 Å². The first kappa shape index (κ1) is 18.3. The molecule has 136 valence electrons. The molecule has 0 aromatic heterocycles. The normalized spacial score (nSPS) is 16.5. The van der Waals surface area contributed by atoms with Crippen LogP contribution in [0, 0.1) is 5.92 Å². The quantitative estimate of drug-likeness (QED) is 0.806. The molecule has 7 heteroatoms. The van der Waals surface area contributed by atoms with Crippen LogP contribution in [0.15, 0.2) is 46.9 Å². The predicted molar refractivity (Wildman–Crippen MR) is 103 cm³/mol. The van der Waals surface area contributed by atoms with Gasteiger partial charge >= 0.3 is 0 Å². The van der Waals surface area contributed by atoms with Gasteiger partial charge in [0.1, 0.15) is 11.5 Å². The molecule has 2 aromatic carbocycles. The van der Waals surface area contributed by atoms with Gasteiger partial charge in [0.25, 0.3) is 0 Å². The fourth-order valence-corrected chi connectivity index (χ4v) is 3.15. The zero-order valence-corrected chi connectivity index (χ0v) is 16.1. The SMILES string of the molecule is COc1ccc(NC(=O)[C@@H]2CC(=O)N(c3ccc(Br)cc3)C2)c(OC)c1. The average molecular weight is 419 g/mol. The van der Waals surface area contributed by atoms with Crippen LogP contribution in [-0.4, -0.2) is 32.6 Å². The van der Waals surface area contributed by atoms with Crippen molar-refractivity contribution in [2.45, 2.75) is 6.42 Å². The van der Waals surface area contributed by atoms with E-state index in [1.165, 1.54) is 7.11 Å². The van der Waals surface area contributed by atoms with Gasteiger partial charge in [0.15, 0.2) is 0 Å². The number of halogens is 1. The van der Waals surface area contributed by atoms with Gasteiger partial charge in [-0.1, -0.05) is 15.9 Å². The zero-order valence-electron chi connectivity index (χ0n) is 14.5. The largest absolute Gasteiger partial charge is 0.497 e. The first-order chi connectivity index (χ1) is 12.5. The van der Waals surface area contributed by atoms with Crippen molar-refractivity contribution in [3.8, 4) is 11.5 Å². The minimum atomic E-state index is -0.419. The smallest absolute Gasteiger partial charge is 0.229 e. The molecule has 0 spiro atoms. The first-order valence-corrected chi connectivity index (χ1v) is 8.90. The standard InChI is InChI=1S/C19H19BrN2O4/c1-25-15-7-8-16(17(10-15)26-2)21-19(24)12-9-18(23)22(11-12)14-5-3-13(20)4-6-14/h3-8,10,12H,9,11H2,1-2H3,(H,21,24)/t12-/m1/s1. The van der Waals surface area contributed by atoms with Crippen LogP contribution in [0.4, 0.5) is 11.4 Å². The van der Waals surface area contributed by atoms with E-state index in [4.69, 9.17) is 9.47 Å². The molecule has 3 rings (SSSR count). The third-order valence-corrected chi connectivity index (χ3v) is 4.83. The minimum absolute atomic E-state index is 0.0610. The van der Waals surface area contributed by atoms with Crippen LogP contribution in [0.1, 0.15) is 6.42 Å². The summed E-state index contributed by atoms with van der Waals surface area (Å²) in [4.78, 5) is 26.6. The Balaban J connectivity index is 1.71. The molecular weight excluding hydrogens is 400 g/mol. The number of hydrogen-bond acceptors (Lipinski definition) is 4. The summed E-state index contributed by atoms with van der Waals surface area (Å²) in [5.41, 5.74) is 1.34. The molecule has 2 aromatic rings. The maximum atomic E-state index is 12.6. The topological polar surface area (TPSA) is 67.9 Å². The number of nitrogens with one attached hydrogen (secondary N) is 1. The maximum absolute atomic E-state index is 12.6. The highest BCUT2D eigenvalue weighted by Gasteiger charge is 2.35. The summed E-state index contributed by atoms with van der Waals surface area (Å²) in [5, 5.41) is 2.85. The lowest BCUT2D eigenvalue weighted by Gasteiger charge is -2.17. The Morgan fingerprint density at radius 1 is 1.15 bits per heavy atom. The second-order valence-corrected chi connectivity index (χ2v) is 6.85. The molecule has 0 radical (unpaired) electrons. The van der Waals surface area contributed by atoms with Crippen LogP contribution in [0.5, 0.6) is 11.5 Å². The molecule has 1 saturated heterocycles. The third kappa shape index (κ3) is 3.83. The molecule has 2 amide bonds. The Bertz CT molecular complexity index is 823. The molecule has 0 bridgehead atoms. The predicted octanol–water partition coefficient (Wildman–Crippen LogP) is 3.46. The van der Waals surface area contributed by atoms with E-state index in [2.05, 4.69) is 21.2 Å². The summed E-state index contributed by atoms with van der Waals surface area (Å²) >= 11 is 3.38. The molecule has 1 atom stereocenters. The van der Waals surface area contributed by atoms with E-state index in [0.717, 1.165) is 10.2 Å². The summed E-state index contributed by atoms with van der Waals surface area (Å²) < 4.78 is 11.4. The highest BCUT2D eigenvalue weighted by Crippen LogP contribution is 2.31. The van der Waals surface area contributed by atoms with Crippen molar-refractivity contribution in [3.63, 3.8) is 0 Å². The molecule has 0 aliphatic carbocycles. The Labute approximate surface area is 160 Å². The highest BCUT2D eigenvalue weighted by molar-refractivity contribution is 9.10. The van der Waals surface area contributed by atoms with Crippen molar-refractivity contribution >= 4 is 39.1 Å². The van der Waals surface area contributed by atoms with Gasteiger partial charge in [0.2, 0.25) is 11.8 Å². The minimum Gasteiger partial charge on any atom is -0.497 e. The Morgan fingerprint density at radius 2 is 1.88 bits per heavy atom. The van der Waals surface area contributed by atoms with E-state index in [1.54, 1.807) is 30.2 Å². The number of anilines is 2. The third-order valence-electron chi connectivity index (χ3n) is 4.30. The van der Waals surface area contributed by atoms with E-state index in [1.807, 2.05) is 24.3 Å². The van der Waals surface area contributed by atoms with E-state index < -0.39 is 5.92 Å². The number of carbonyl (C=O) groups excluding carboxylic acids is 2. The molecule has 1 N–H and O–H groups in total. The number of ether oxygens (including phenoxy) is 2. The molecular formula is C19H19BrN2O4. The Morgan fingerprint density at radius 3 is 2.54 bits per heavy atom. The second kappa shape index (κ2) is 7.78. The van der Waals surface area contributed by atoms with Crippen LogP contribution < -0.4 is 19.7 Å². The molecule has 1 aliphatic heterocycles. The Hall–Kier alpha value is -2.54. The first-order valence-electron chi connectivity index (χ1n) is 8.10. The number of amides is 2. The van der Waals surface area contributed by atoms with E-state index in [0.29, 0.717) is 23.7 Å². The van der Waals surface area contributed by atoms with Crippen LogP contribution in [0.2, 0.25) is 0 Å². The number of methoxy groups -OCH3 is 2. The van der Waals surface area contributed by atoms with Gasteiger partial charge in [0, 0.05) is 29.2 Å². The molecule has 0 saturated carbocycles. The van der Waals surface area contributed by atoms with Crippen LogP contribution in [-0.2, 0) is 9.59 Å². The fourth-order valence-electron chi connectivity index (χ4n) is 2.89. The monoisotopic (exact) mass is 418 g/mol. The molecule has 1 aliphatic rings. The van der Waals surface area contributed by atoms with Crippen LogP contribution >= 0.6 is 15.9 Å². The molecule has 6 nitrogen and oxygen atoms in total. The molecule has 0 unspecified atom stereocenters. The summed E-state index contributed by atoms with van der Waals surface area (Å²) in [7, 11) is 3.09. The van der Waals surface area contributed by atoms with Crippen molar-refractivity contribution in [1.82, 2.24) is 0 Å². The summed E-state index contributed by atoms with van der Waals surface area (Å²) in [6.07, 6.45) is 0.181. The fraction of sp³-hybridized carbons (Fsp3) is 0.263. The molecule has 26 heavy (non-hydrogen) atoms. The number of nitrogens with zero attached hydrogens (tertiary/aromatic N) is 1. The highest BCUT2D eigenvalue weighted by atomic mass is 79.9. The van der Waals surface area contributed by atoms with Gasteiger partial charge in [-0.05, 0) is 36.4 Å². The summed E-state index contributed by atoms with van der Waals surface area (Å²) in [5.74, 6) is 0.456. The molecule has 1 heterocycles. The lowest BCUT2D eigenvalue weighted by Crippen LogP contribution is -2.28. The maximum Gasteiger partial charge on any atom is 0.229 e. The van der Waals surface area contributed by atoms with E-state index >= 15 is 0 Å². The number of carbonyl (C=O) groups is 2. The Kier molecular flexibility index (Phi) is 5.46. The lowest BCUT2D eigenvalue weighted by atomic mass is 10.1. The number of hydrogen-bond donors (Lipinski definition) is 1. The van der Waals surface area contributed by atoms with Crippen molar-refractivity contribution in [1.29, 1.82) is 0 Å². The van der Waals surface area contributed by atoms with Crippen molar-refractivity contribution in [3.05, 3.63) is 46.9 Å². The number of benzene rings is 2. The summed E-state index contributed by atoms with van der Waals surface area (Å²) in [6.45, 7) is 0.352. The molecule has 1 fully saturated rings. The average Bonchev–Trinajstić information content (AvgIpc) is 3.04.